The van der Waals surface area contributed by atoms with Gasteiger partial charge < -0.3 is 14.0 Å². The minimum absolute atomic E-state index is 0.0315. The lowest BCUT2D eigenvalue weighted by molar-refractivity contribution is -0.117. The highest BCUT2D eigenvalue weighted by molar-refractivity contribution is 6.30. The Morgan fingerprint density at radius 3 is 2.43 bits per heavy atom. The number of carbonyl (C=O) groups is 2. The summed E-state index contributed by atoms with van der Waals surface area (Å²) in [6, 6.07) is 10.4. The van der Waals surface area contributed by atoms with E-state index >= 15 is 0 Å². The lowest BCUT2D eigenvalue weighted by Gasteiger charge is -2.24. The first-order valence-electron chi connectivity index (χ1n) is 8.43. The lowest BCUT2D eigenvalue weighted by atomic mass is 9.95. The molecule has 4 rings (SSSR count). The van der Waals surface area contributed by atoms with E-state index in [1.54, 1.807) is 50.2 Å². The largest absolute Gasteiger partial charge is 0.503 e. The predicted molar refractivity (Wildman–Crippen MR) is 100 cm³/mol. The van der Waals surface area contributed by atoms with E-state index in [-0.39, 0.29) is 17.2 Å². The zero-order valence-electron chi connectivity index (χ0n) is 15.0. The zero-order chi connectivity index (χ0) is 20.0. The van der Waals surface area contributed by atoms with Crippen molar-refractivity contribution < 1.29 is 23.6 Å². The van der Waals surface area contributed by atoms with Crippen molar-refractivity contribution in [1.29, 1.82) is 0 Å². The molecule has 8 heteroatoms. The number of ketones is 1. The molecule has 1 amide bonds. The first kappa shape index (κ1) is 18.1. The van der Waals surface area contributed by atoms with E-state index in [0.717, 1.165) is 0 Å². The van der Waals surface area contributed by atoms with Crippen molar-refractivity contribution in [3.05, 3.63) is 81.7 Å². The molecule has 0 spiro atoms. The van der Waals surface area contributed by atoms with Crippen LogP contribution >= 0.6 is 11.6 Å². The van der Waals surface area contributed by atoms with Gasteiger partial charge in [0.2, 0.25) is 5.78 Å². The highest BCUT2D eigenvalue weighted by Crippen LogP contribution is 2.41. The number of nitrogens with zero attached hydrogens (tertiary/aromatic N) is 2. The molecule has 3 aromatic rings. The number of benzene rings is 1. The summed E-state index contributed by atoms with van der Waals surface area (Å²) in [6.45, 7) is 3.38. The Bertz CT molecular complexity index is 1110. The molecular weight excluding hydrogens is 384 g/mol. The molecule has 7 nitrogen and oxygen atoms in total. The van der Waals surface area contributed by atoms with E-state index in [9.17, 15) is 14.7 Å². The van der Waals surface area contributed by atoms with Crippen molar-refractivity contribution in [3.8, 4) is 0 Å². The molecule has 1 atom stereocenters. The number of aryl methyl sites for hydroxylation is 2. The number of Topliss-reactive ketones (excluding diaryl/α,β-unsaturated/α-hetero) is 1. The summed E-state index contributed by atoms with van der Waals surface area (Å²) in [7, 11) is 0. The Morgan fingerprint density at radius 1 is 1.14 bits per heavy atom. The van der Waals surface area contributed by atoms with Crippen LogP contribution in [0.25, 0.3) is 0 Å². The Labute approximate surface area is 164 Å². The van der Waals surface area contributed by atoms with Crippen molar-refractivity contribution in [2.75, 3.05) is 4.90 Å². The van der Waals surface area contributed by atoms with Crippen LogP contribution in [0.1, 0.15) is 33.7 Å². The number of aliphatic hydroxyl groups excluding tert-OH is 1. The van der Waals surface area contributed by atoms with Crippen LogP contribution in [0.5, 0.6) is 0 Å². The number of halogens is 1. The molecule has 0 radical (unpaired) electrons. The molecule has 0 fully saturated rings. The third-order valence-electron chi connectivity index (χ3n) is 4.47. The molecular formula is C20H15ClN2O5. The molecule has 1 aliphatic rings. The third kappa shape index (κ3) is 2.90. The lowest BCUT2D eigenvalue weighted by Crippen LogP contribution is -2.31. The van der Waals surface area contributed by atoms with Crippen molar-refractivity contribution in [1.82, 2.24) is 5.16 Å². The van der Waals surface area contributed by atoms with Gasteiger partial charge in [-0.1, -0.05) is 28.9 Å². The topological polar surface area (TPSA) is 96.8 Å². The zero-order valence-corrected chi connectivity index (χ0v) is 15.7. The molecule has 0 aliphatic carbocycles. The van der Waals surface area contributed by atoms with Gasteiger partial charge in [-0.25, -0.2) is 0 Å². The molecule has 2 aromatic heterocycles. The van der Waals surface area contributed by atoms with Crippen LogP contribution in [0.2, 0.25) is 5.02 Å². The minimum atomic E-state index is -0.910. The van der Waals surface area contributed by atoms with Crippen molar-refractivity contribution >= 4 is 29.1 Å². The highest BCUT2D eigenvalue weighted by Gasteiger charge is 2.46. The smallest absolute Gasteiger partial charge is 0.295 e. The van der Waals surface area contributed by atoms with Gasteiger partial charge in [-0.2, -0.15) is 0 Å². The van der Waals surface area contributed by atoms with E-state index < -0.39 is 23.5 Å². The van der Waals surface area contributed by atoms with Crippen molar-refractivity contribution in [3.63, 3.8) is 0 Å². The van der Waals surface area contributed by atoms with Crippen LogP contribution < -0.4 is 4.90 Å². The molecule has 142 valence electrons. The molecule has 0 bridgehead atoms. The van der Waals surface area contributed by atoms with Crippen LogP contribution in [-0.2, 0) is 4.79 Å². The summed E-state index contributed by atoms with van der Waals surface area (Å²) in [4.78, 5) is 27.2. The number of amides is 1. The second-order valence-corrected chi connectivity index (χ2v) is 6.86. The van der Waals surface area contributed by atoms with E-state index in [0.29, 0.717) is 22.1 Å². The van der Waals surface area contributed by atoms with Gasteiger partial charge in [0, 0.05) is 11.1 Å². The van der Waals surface area contributed by atoms with Crippen LogP contribution in [0.15, 0.2) is 62.7 Å². The standard InChI is InChI=1S/C20H15ClN2O5/c1-10-3-8-14(27-10)18(24)16-17(12-4-6-13(21)7-5-12)23(20(26)19(16)25)15-9-11(2)28-22-15/h3-9,17,25H,1-2H3/t17-/m0/s1. The molecule has 1 aliphatic heterocycles. The van der Waals surface area contributed by atoms with Crippen LogP contribution in [0.3, 0.4) is 0 Å². The van der Waals surface area contributed by atoms with Crippen LogP contribution in [0.4, 0.5) is 5.82 Å². The maximum absolute atomic E-state index is 13.1. The summed E-state index contributed by atoms with van der Waals surface area (Å²) in [5.74, 6) is -0.740. The average molecular weight is 399 g/mol. The van der Waals surface area contributed by atoms with Crippen molar-refractivity contribution in [2.45, 2.75) is 19.9 Å². The summed E-state index contributed by atoms with van der Waals surface area (Å²) < 4.78 is 10.5. The number of anilines is 1. The number of hydrogen-bond acceptors (Lipinski definition) is 6. The van der Waals surface area contributed by atoms with Gasteiger partial charge in [0.05, 0.1) is 11.6 Å². The number of furan rings is 1. The maximum Gasteiger partial charge on any atom is 0.295 e. The van der Waals surface area contributed by atoms with Crippen molar-refractivity contribution in [2.24, 2.45) is 0 Å². The van der Waals surface area contributed by atoms with Gasteiger partial charge in [0.25, 0.3) is 5.91 Å². The Morgan fingerprint density at radius 2 is 1.86 bits per heavy atom. The Balaban J connectivity index is 1.87. The van der Waals surface area contributed by atoms with E-state index in [1.165, 1.54) is 11.0 Å². The Hall–Kier alpha value is -3.32. The molecule has 3 heterocycles. The highest BCUT2D eigenvalue weighted by atomic mass is 35.5. The summed E-state index contributed by atoms with van der Waals surface area (Å²) in [5, 5.41) is 14.9. The van der Waals surface area contributed by atoms with E-state index in [1.807, 2.05) is 0 Å². The second kappa shape index (κ2) is 6.69. The number of aromatic nitrogens is 1. The van der Waals surface area contributed by atoms with Gasteiger partial charge in [0.15, 0.2) is 17.3 Å². The average Bonchev–Trinajstić information content (AvgIpc) is 3.35. The summed E-state index contributed by atoms with van der Waals surface area (Å²) in [6.07, 6.45) is 0. The third-order valence-corrected chi connectivity index (χ3v) is 4.72. The van der Waals surface area contributed by atoms with Crippen LogP contribution in [-0.4, -0.2) is 22.0 Å². The van der Waals surface area contributed by atoms with E-state index in [2.05, 4.69) is 5.16 Å². The van der Waals surface area contributed by atoms with Gasteiger partial charge in [-0.15, -0.1) is 0 Å². The number of hydrogen-bond donors (Lipinski definition) is 1. The van der Waals surface area contributed by atoms with Gasteiger partial charge in [-0.3, -0.25) is 14.5 Å². The quantitative estimate of drug-likeness (QED) is 0.657. The summed E-state index contributed by atoms with van der Waals surface area (Å²) in [5.41, 5.74) is 0.483. The molecule has 1 aromatic carbocycles. The van der Waals surface area contributed by atoms with E-state index in [4.69, 9.17) is 20.5 Å². The number of aliphatic hydroxyl groups is 1. The first-order chi connectivity index (χ1) is 13.4. The number of carbonyl (C=O) groups excluding carboxylic acids is 2. The fraction of sp³-hybridized carbons (Fsp3) is 0.150. The fourth-order valence-electron chi connectivity index (χ4n) is 3.19. The summed E-state index contributed by atoms with van der Waals surface area (Å²) >= 11 is 5.98. The second-order valence-electron chi connectivity index (χ2n) is 6.43. The first-order valence-corrected chi connectivity index (χ1v) is 8.81. The predicted octanol–water partition coefficient (Wildman–Crippen LogP) is 4.32. The Kier molecular flexibility index (Phi) is 4.31. The molecule has 0 saturated heterocycles. The minimum Gasteiger partial charge on any atom is -0.503 e. The molecule has 0 saturated carbocycles. The number of rotatable bonds is 4. The molecule has 1 N–H and O–H groups in total. The fourth-order valence-corrected chi connectivity index (χ4v) is 3.32. The van der Waals surface area contributed by atoms with Crippen LogP contribution in [0, 0.1) is 13.8 Å². The van der Waals surface area contributed by atoms with Gasteiger partial charge in [-0.05, 0) is 43.7 Å². The normalized spacial score (nSPS) is 16.9. The molecule has 28 heavy (non-hydrogen) atoms. The monoisotopic (exact) mass is 398 g/mol. The molecule has 0 unspecified atom stereocenters. The van der Waals surface area contributed by atoms with Gasteiger partial charge in [0.1, 0.15) is 11.5 Å². The SMILES string of the molecule is Cc1cc(N2C(=O)C(O)=C(C(=O)c3ccc(C)o3)[C@@H]2c2ccc(Cl)cc2)no1. The maximum atomic E-state index is 13.1. The van der Waals surface area contributed by atoms with Gasteiger partial charge >= 0.3 is 0 Å².